The Kier molecular flexibility index (Phi) is 7.24. The van der Waals surface area contributed by atoms with E-state index in [2.05, 4.69) is 10.3 Å². The van der Waals surface area contributed by atoms with E-state index in [0.29, 0.717) is 29.0 Å². The lowest BCUT2D eigenvalue weighted by atomic mass is 10.1. The molecule has 1 amide bonds. The Hall–Kier alpha value is -4.73. The molecule has 4 aromatic rings. The number of ether oxygens (including phenoxy) is 1. The third-order valence-electron chi connectivity index (χ3n) is 5.81. The van der Waals surface area contributed by atoms with Crippen molar-refractivity contribution in [2.45, 2.75) is 13.0 Å². The zero-order chi connectivity index (χ0) is 25.7. The molecule has 0 bridgehead atoms. The summed E-state index contributed by atoms with van der Waals surface area (Å²) in [6, 6.07) is 17.9. The number of benzene rings is 2. The Morgan fingerprint density at radius 1 is 1.11 bits per heavy atom. The number of aryl methyl sites for hydroxylation is 1. The van der Waals surface area contributed by atoms with Crippen molar-refractivity contribution >= 4 is 40.3 Å². The lowest BCUT2D eigenvalue weighted by molar-refractivity contribution is -0.140. The van der Waals surface area contributed by atoms with Crippen LogP contribution in [0.5, 0.6) is 0 Å². The number of nitrogens with zero attached hydrogens (tertiary/aromatic N) is 4. The average Bonchev–Trinajstić information content (AvgIpc) is 3.22. The fraction of sp³-hybridized carbons (Fsp3) is 0.192. The number of pyridine rings is 1. The molecule has 0 saturated carbocycles. The summed E-state index contributed by atoms with van der Waals surface area (Å²) in [5.41, 5.74) is 9.05. The Labute approximate surface area is 208 Å². The number of nitrogens with one attached hydrogen (secondary N) is 2. The van der Waals surface area contributed by atoms with E-state index in [0.717, 1.165) is 17.0 Å². The number of hydrogen-bond donors (Lipinski definition) is 3. The largest absolute Gasteiger partial charge is 0.469 e. The van der Waals surface area contributed by atoms with Crippen LogP contribution in [0.15, 0.2) is 66.9 Å². The van der Waals surface area contributed by atoms with Crippen LogP contribution in [0.4, 0.5) is 11.5 Å². The molecule has 4 N–H and O–H groups in total. The van der Waals surface area contributed by atoms with E-state index in [1.807, 2.05) is 29.8 Å². The van der Waals surface area contributed by atoms with Gasteiger partial charge in [0.1, 0.15) is 17.5 Å². The lowest BCUT2D eigenvalue weighted by Crippen LogP contribution is -2.33. The molecule has 0 spiro atoms. The van der Waals surface area contributed by atoms with Crippen molar-refractivity contribution in [3.63, 3.8) is 0 Å². The molecule has 2 aromatic heterocycles. The molecule has 0 aliphatic rings. The third kappa shape index (κ3) is 5.33. The number of rotatable bonds is 9. The van der Waals surface area contributed by atoms with Gasteiger partial charge in [0.25, 0.3) is 5.91 Å². The molecule has 0 saturated heterocycles. The van der Waals surface area contributed by atoms with Crippen LogP contribution in [0, 0.1) is 5.41 Å². The van der Waals surface area contributed by atoms with Crippen LogP contribution in [0.3, 0.4) is 0 Å². The summed E-state index contributed by atoms with van der Waals surface area (Å²) < 4.78 is 6.70. The van der Waals surface area contributed by atoms with Crippen LogP contribution in [-0.2, 0) is 23.1 Å². The number of methoxy groups -OCH3 is 1. The van der Waals surface area contributed by atoms with Gasteiger partial charge in [0, 0.05) is 36.6 Å². The van der Waals surface area contributed by atoms with Gasteiger partial charge in [-0.1, -0.05) is 6.07 Å². The molecular formula is C26H27N7O3. The highest BCUT2D eigenvalue weighted by Crippen LogP contribution is 2.21. The third-order valence-corrected chi connectivity index (χ3v) is 5.81. The van der Waals surface area contributed by atoms with Crippen LogP contribution in [0.1, 0.15) is 28.2 Å². The molecule has 36 heavy (non-hydrogen) atoms. The predicted molar refractivity (Wildman–Crippen MR) is 138 cm³/mol. The molecule has 10 nitrogen and oxygen atoms in total. The zero-order valence-electron chi connectivity index (χ0n) is 20.1. The molecule has 0 atom stereocenters. The summed E-state index contributed by atoms with van der Waals surface area (Å²) in [5.74, 6) is 0.576. The predicted octanol–water partition coefficient (Wildman–Crippen LogP) is 3.07. The fourth-order valence-electron chi connectivity index (χ4n) is 3.78. The highest BCUT2D eigenvalue weighted by Gasteiger charge is 2.21. The average molecular weight is 486 g/mol. The molecule has 0 radical (unpaired) electrons. The van der Waals surface area contributed by atoms with Crippen molar-refractivity contribution in [3.05, 3.63) is 83.8 Å². The normalized spacial score (nSPS) is 10.7. The quantitative estimate of drug-likeness (QED) is 0.188. The minimum Gasteiger partial charge on any atom is -0.469 e. The molecule has 0 fully saturated rings. The van der Waals surface area contributed by atoms with Crippen molar-refractivity contribution < 1.29 is 14.3 Å². The number of hydrogen-bond acceptors (Lipinski definition) is 7. The molecular weight excluding hydrogens is 458 g/mol. The van der Waals surface area contributed by atoms with E-state index < -0.39 is 5.97 Å². The highest BCUT2D eigenvalue weighted by molar-refractivity contribution is 6.07. The second kappa shape index (κ2) is 10.7. The minimum absolute atomic E-state index is 0.0224. The zero-order valence-corrected chi connectivity index (χ0v) is 20.1. The van der Waals surface area contributed by atoms with Crippen molar-refractivity contribution in [1.29, 1.82) is 5.41 Å². The van der Waals surface area contributed by atoms with E-state index in [4.69, 9.17) is 20.9 Å². The number of fused-ring (bicyclic) bond motifs is 1. The van der Waals surface area contributed by atoms with Crippen molar-refractivity contribution in [1.82, 2.24) is 14.5 Å². The van der Waals surface area contributed by atoms with Gasteiger partial charge < -0.3 is 20.4 Å². The number of carbonyl (C=O) groups excluding carboxylic acids is 2. The number of imidazole rings is 1. The number of anilines is 2. The monoisotopic (exact) mass is 485 g/mol. The summed E-state index contributed by atoms with van der Waals surface area (Å²) in [6.45, 7) is 0.605. The maximum Gasteiger partial charge on any atom is 0.307 e. The van der Waals surface area contributed by atoms with E-state index in [1.54, 1.807) is 48.7 Å². The topological polar surface area (TPSA) is 139 Å². The summed E-state index contributed by atoms with van der Waals surface area (Å²) in [4.78, 5) is 35.6. The van der Waals surface area contributed by atoms with Gasteiger partial charge in [-0.25, -0.2) is 9.97 Å². The number of esters is 1. The van der Waals surface area contributed by atoms with Gasteiger partial charge in [-0.15, -0.1) is 0 Å². The summed E-state index contributed by atoms with van der Waals surface area (Å²) in [7, 11) is 3.24. The van der Waals surface area contributed by atoms with E-state index in [9.17, 15) is 9.59 Å². The standard InChI is InChI=1S/C26H27N7O3/c1-32-21-11-8-18(26(35)33(14-12-24(34)36-2)22-5-3-4-13-29-22)15-20(21)31-23(32)16-30-19-9-6-17(7-10-19)25(27)28/h3-11,13,15,30H,12,14,16H2,1-2H3,(H3,27,28). The first-order chi connectivity index (χ1) is 17.4. The molecule has 2 aromatic carbocycles. The number of nitrogens with two attached hydrogens (primary N) is 1. The van der Waals surface area contributed by atoms with Crippen LogP contribution >= 0.6 is 0 Å². The van der Waals surface area contributed by atoms with E-state index in [-0.39, 0.29) is 24.7 Å². The Morgan fingerprint density at radius 2 is 1.86 bits per heavy atom. The second-order valence-electron chi connectivity index (χ2n) is 8.11. The molecule has 4 rings (SSSR count). The molecule has 10 heteroatoms. The lowest BCUT2D eigenvalue weighted by Gasteiger charge is -2.21. The fourth-order valence-corrected chi connectivity index (χ4v) is 3.78. The highest BCUT2D eigenvalue weighted by atomic mass is 16.5. The van der Waals surface area contributed by atoms with Gasteiger partial charge in [-0.3, -0.25) is 19.9 Å². The van der Waals surface area contributed by atoms with Crippen LogP contribution in [-0.4, -0.2) is 45.9 Å². The number of nitrogen functional groups attached to an aromatic ring is 1. The smallest absolute Gasteiger partial charge is 0.307 e. The summed E-state index contributed by atoms with van der Waals surface area (Å²) in [5, 5.41) is 10.8. The van der Waals surface area contributed by atoms with E-state index in [1.165, 1.54) is 12.0 Å². The number of carbonyl (C=O) groups is 2. The van der Waals surface area contributed by atoms with Crippen molar-refractivity contribution in [2.75, 3.05) is 23.9 Å². The van der Waals surface area contributed by atoms with Crippen LogP contribution in [0.2, 0.25) is 0 Å². The van der Waals surface area contributed by atoms with Gasteiger partial charge in [-0.2, -0.15) is 0 Å². The van der Waals surface area contributed by atoms with E-state index >= 15 is 0 Å². The molecule has 0 aliphatic heterocycles. The molecule has 0 unspecified atom stereocenters. The first-order valence-electron chi connectivity index (χ1n) is 11.3. The number of amidine groups is 1. The molecule has 2 heterocycles. The van der Waals surface area contributed by atoms with Crippen LogP contribution < -0.4 is 16.0 Å². The second-order valence-corrected chi connectivity index (χ2v) is 8.11. The molecule has 0 aliphatic carbocycles. The van der Waals surface area contributed by atoms with Gasteiger partial charge in [0.2, 0.25) is 0 Å². The first kappa shape index (κ1) is 24.4. The maximum absolute atomic E-state index is 13.4. The summed E-state index contributed by atoms with van der Waals surface area (Å²) in [6.07, 6.45) is 1.65. The summed E-state index contributed by atoms with van der Waals surface area (Å²) >= 11 is 0. The maximum atomic E-state index is 13.4. The Balaban J connectivity index is 1.55. The van der Waals surface area contributed by atoms with Gasteiger partial charge >= 0.3 is 5.97 Å². The Bertz CT molecular complexity index is 1400. The van der Waals surface area contributed by atoms with Crippen molar-refractivity contribution in [2.24, 2.45) is 12.8 Å². The first-order valence-corrected chi connectivity index (χ1v) is 11.3. The minimum atomic E-state index is -0.406. The SMILES string of the molecule is COC(=O)CCN(C(=O)c1ccc2c(c1)nc(CNc1ccc(C(=N)N)cc1)n2C)c1ccccn1. The van der Waals surface area contributed by atoms with Gasteiger partial charge in [0.15, 0.2) is 0 Å². The molecule has 184 valence electrons. The number of amides is 1. The van der Waals surface area contributed by atoms with Gasteiger partial charge in [-0.05, 0) is 54.6 Å². The van der Waals surface area contributed by atoms with Crippen LogP contribution in [0.25, 0.3) is 11.0 Å². The van der Waals surface area contributed by atoms with Gasteiger partial charge in [0.05, 0.1) is 31.1 Å². The van der Waals surface area contributed by atoms with Crippen molar-refractivity contribution in [3.8, 4) is 0 Å². The number of aromatic nitrogens is 3. The Morgan fingerprint density at radius 3 is 2.53 bits per heavy atom.